The fourth-order valence-corrected chi connectivity index (χ4v) is 4.59. The molecule has 0 saturated carbocycles. The van der Waals surface area contributed by atoms with Crippen molar-refractivity contribution in [1.82, 2.24) is 9.55 Å². The van der Waals surface area contributed by atoms with Crippen LogP contribution in [0.5, 0.6) is 0 Å². The molecule has 1 amide bonds. The SMILES string of the molecule is C=CCn1c(=NC(=O)c2nc3ccccc3s2)sc2cc([N+](=O)[O-])ccc21. The van der Waals surface area contributed by atoms with Gasteiger partial charge in [-0.25, -0.2) is 4.98 Å². The van der Waals surface area contributed by atoms with Gasteiger partial charge < -0.3 is 4.57 Å². The first-order valence-electron chi connectivity index (χ1n) is 7.90. The average molecular weight is 396 g/mol. The minimum absolute atomic E-state index is 0.00134. The molecule has 0 saturated heterocycles. The minimum atomic E-state index is -0.444. The van der Waals surface area contributed by atoms with Crippen LogP contribution in [0.4, 0.5) is 5.69 Å². The number of nitro groups is 1. The van der Waals surface area contributed by atoms with E-state index in [0.29, 0.717) is 21.1 Å². The van der Waals surface area contributed by atoms with Crippen molar-refractivity contribution < 1.29 is 9.72 Å². The van der Waals surface area contributed by atoms with Crippen molar-refractivity contribution in [2.75, 3.05) is 0 Å². The Morgan fingerprint density at radius 1 is 1.26 bits per heavy atom. The van der Waals surface area contributed by atoms with Gasteiger partial charge >= 0.3 is 5.91 Å². The number of rotatable bonds is 4. The number of amides is 1. The number of hydrogen-bond donors (Lipinski definition) is 0. The second-order valence-electron chi connectivity index (χ2n) is 5.60. The zero-order valence-electron chi connectivity index (χ0n) is 13.9. The molecule has 0 fully saturated rings. The van der Waals surface area contributed by atoms with E-state index in [-0.39, 0.29) is 5.69 Å². The molecule has 0 bridgehead atoms. The van der Waals surface area contributed by atoms with Gasteiger partial charge in [-0.15, -0.1) is 17.9 Å². The molecule has 7 nitrogen and oxygen atoms in total. The molecule has 0 radical (unpaired) electrons. The van der Waals surface area contributed by atoms with Crippen molar-refractivity contribution in [3.63, 3.8) is 0 Å². The lowest BCUT2D eigenvalue weighted by atomic mass is 10.3. The maximum absolute atomic E-state index is 12.6. The minimum Gasteiger partial charge on any atom is -0.312 e. The van der Waals surface area contributed by atoms with E-state index >= 15 is 0 Å². The molecule has 4 aromatic rings. The van der Waals surface area contributed by atoms with E-state index in [9.17, 15) is 14.9 Å². The summed E-state index contributed by atoms with van der Waals surface area (Å²) in [6, 6.07) is 12.1. The molecule has 0 aliphatic rings. The van der Waals surface area contributed by atoms with Crippen molar-refractivity contribution in [3.8, 4) is 0 Å². The Hall–Kier alpha value is -3.17. The lowest BCUT2D eigenvalue weighted by molar-refractivity contribution is -0.384. The second-order valence-corrected chi connectivity index (χ2v) is 7.64. The number of carbonyl (C=O) groups is 1. The Balaban J connectivity index is 1.85. The molecule has 2 aromatic carbocycles. The highest BCUT2D eigenvalue weighted by atomic mass is 32.1. The number of para-hydroxylation sites is 1. The third-order valence-electron chi connectivity index (χ3n) is 3.86. The van der Waals surface area contributed by atoms with Gasteiger partial charge in [-0.05, 0) is 18.2 Å². The van der Waals surface area contributed by atoms with Crippen LogP contribution in [0.2, 0.25) is 0 Å². The summed E-state index contributed by atoms with van der Waals surface area (Å²) in [6.45, 7) is 4.17. The molecule has 4 rings (SSSR count). The van der Waals surface area contributed by atoms with Crippen molar-refractivity contribution in [2.45, 2.75) is 6.54 Å². The predicted octanol–water partition coefficient (Wildman–Crippen LogP) is 4.15. The largest absolute Gasteiger partial charge is 0.312 e. The monoisotopic (exact) mass is 396 g/mol. The topological polar surface area (TPSA) is 90.4 Å². The summed E-state index contributed by atoms with van der Waals surface area (Å²) in [6.07, 6.45) is 1.69. The van der Waals surface area contributed by atoms with Crippen LogP contribution < -0.4 is 4.80 Å². The average Bonchev–Trinajstić information content (AvgIpc) is 3.23. The molecule has 0 aliphatic heterocycles. The van der Waals surface area contributed by atoms with Gasteiger partial charge in [0, 0.05) is 18.7 Å². The number of nitro benzene ring substituents is 1. The fourth-order valence-electron chi connectivity index (χ4n) is 2.66. The van der Waals surface area contributed by atoms with Crippen LogP contribution in [0.25, 0.3) is 20.4 Å². The number of hydrogen-bond acceptors (Lipinski definition) is 6. The van der Waals surface area contributed by atoms with Gasteiger partial charge in [0.2, 0.25) is 0 Å². The second kappa shape index (κ2) is 6.86. The van der Waals surface area contributed by atoms with Gasteiger partial charge in [-0.2, -0.15) is 4.99 Å². The smallest absolute Gasteiger partial charge is 0.308 e. The highest BCUT2D eigenvalue weighted by Gasteiger charge is 2.15. The fraction of sp³-hybridized carbons (Fsp3) is 0.0556. The molecule has 0 spiro atoms. The molecular weight excluding hydrogens is 384 g/mol. The maximum atomic E-state index is 12.6. The molecule has 2 aromatic heterocycles. The Kier molecular flexibility index (Phi) is 4.38. The number of carbonyl (C=O) groups excluding carboxylic acids is 1. The summed E-state index contributed by atoms with van der Waals surface area (Å²) >= 11 is 2.51. The van der Waals surface area contributed by atoms with E-state index in [2.05, 4.69) is 16.6 Å². The van der Waals surface area contributed by atoms with Gasteiger partial charge in [-0.3, -0.25) is 14.9 Å². The van der Waals surface area contributed by atoms with E-state index in [1.54, 1.807) is 12.1 Å². The van der Waals surface area contributed by atoms with Crippen molar-refractivity contribution in [2.24, 2.45) is 4.99 Å². The molecule has 2 heterocycles. The number of nitrogens with zero attached hydrogens (tertiary/aromatic N) is 4. The van der Waals surface area contributed by atoms with Gasteiger partial charge in [-0.1, -0.05) is 29.5 Å². The summed E-state index contributed by atoms with van der Waals surface area (Å²) in [7, 11) is 0. The molecule has 0 aliphatic carbocycles. The normalized spacial score (nSPS) is 11.9. The zero-order chi connectivity index (χ0) is 19.0. The van der Waals surface area contributed by atoms with E-state index < -0.39 is 10.8 Å². The Morgan fingerprint density at radius 3 is 2.81 bits per heavy atom. The van der Waals surface area contributed by atoms with Crippen LogP contribution in [-0.4, -0.2) is 20.4 Å². The number of benzene rings is 2. The third-order valence-corrected chi connectivity index (χ3v) is 5.93. The van der Waals surface area contributed by atoms with Crippen molar-refractivity contribution in [3.05, 3.63) is 75.0 Å². The highest BCUT2D eigenvalue weighted by Crippen LogP contribution is 2.24. The predicted molar refractivity (Wildman–Crippen MR) is 106 cm³/mol. The quantitative estimate of drug-likeness (QED) is 0.294. The Labute approximate surface area is 160 Å². The summed E-state index contributed by atoms with van der Waals surface area (Å²) < 4.78 is 3.41. The first-order valence-corrected chi connectivity index (χ1v) is 9.53. The van der Waals surface area contributed by atoms with E-state index in [0.717, 1.165) is 15.7 Å². The number of non-ortho nitro benzene ring substituents is 1. The van der Waals surface area contributed by atoms with Gasteiger partial charge in [0.05, 0.1) is 25.4 Å². The van der Waals surface area contributed by atoms with Crippen LogP contribution in [0.3, 0.4) is 0 Å². The molecular formula is C18H12N4O3S2. The summed E-state index contributed by atoms with van der Waals surface area (Å²) in [5.41, 5.74) is 1.52. The first-order chi connectivity index (χ1) is 13.1. The molecule has 27 heavy (non-hydrogen) atoms. The van der Waals surface area contributed by atoms with E-state index in [1.807, 2.05) is 28.8 Å². The summed E-state index contributed by atoms with van der Waals surface area (Å²) in [4.78, 5) is 32.2. The third kappa shape index (κ3) is 3.18. The van der Waals surface area contributed by atoms with Gasteiger partial charge in [0.25, 0.3) is 5.69 Å². The Bertz CT molecular complexity index is 1250. The number of fused-ring (bicyclic) bond motifs is 2. The number of aromatic nitrogens is 2. The standard InChI is InChI=1S/C18H12N4O3S2/c1-2-9-21-13-8-7-11(22(24)25)10-15(13)27-18(21)20-16(23)17-19-12-5-3-4-6-14(12)26-17/h2-8,10H,1,9H2. The molecule has 0 unspecified atom stereocenters. The van der Waals surface area contributed by atoms with E-state index in [4.69, 9.17) is 0 Å². The Morgan fingerprint density at radius 2 is 2.07 bits per heavy atom. The lowest BCUT2D eigenvalue weighted by Crippen LogP contribution is -2.16. The van der Waals surface area contributed by atoms with Crippen LogP contribution in [0.1, 0.15) is 9.80 Å². The van der Waals surface area contributed by atoms with Gasteiger partial charge in [0.1, 0.15) is 0 Å². The molecule has 0 N–H and O–H groups in total. The summed E-state index contributed by atoms with van der Waals surface area (Å²) in [5.74, 6) is -0.435. The van der Waals surface area contributed by atoms with Crippen LogP contribution in [0, 0.1) is 10.1 Å². The number of thiazole rings is 2. The van der Waals surface area contributed by atoms with E-state index in [1.165, 1.54) is 34.8 Å². The van der Waals surface area contributed by atoms with Crippen LogP contribution in [0.15, 0.2) is 60.1 Å². The zero-order valence-corrected chi connectivity index (χ0v) is 15.5. The van der Waals surface area contributed by atoms with Crippen molar-refractivity contribution >= 4 is 54.7 Å². The van der Waals surface area contributed by atoms with Crippen molar-refractivity contribution in [1.29, 1.82) is 0 Å². The highest BCUT2D eigenvalue weighted by molar-refractivity contribution is 7.20. The maximum Gasteiger partial charge on any atom is 0.308 e. The first kappa shape index (κ1) is 17.3. The van der Waals surface area contributed by atoms with Gasteiger partial charge in [0.15, 0.2) is 9.81 Å². The molecule has 134 valence electrons. The van der Waals surface area contributed by atoms with Crippen LogP contribution >= 0.6 is 22.7 Å². The molecule has 0 atom stereocenters. The van der Waals surface area contributed by atoms with Crippen LogP contribution in [-0.2, 0) is 6.54 Å². The lowest BCUT2D eigenvalue weighted by Gasteiger charge is -2.00. The number of allylic oxidation sites excluding steroid dienone is 1. The molecule has 9 heteroatoms. The summed E-state index contributed by atoms with van der Waals surface area (Å²) in [5, 5.41) is 11.3.